The molecule has 2 aliphatic rings. The first-order valence-corrected chi connectivity index (χ1v) is 10.6. The molecule has 1 atom stereocenters. The lowest BCUT2D eigenvalue weighted by atomic mass is 10.1. The average molecular weight is 366 g/mol. The standard InChI is InChI=1S/C17H26N4O3S/c1-3-21(15-4-9-25(23,24)13-15)17(22)14-10-16(12-18-11-14)20-7-5-19(2)6-8-20/h10-12,15H,3-9,13H2,1-2H3. The number of rotatable bonds is 4. The van der Waals surface area contributed by atoms with Gasteiger partial charge in [-0.05, 0) is 26.5 Å². The lowest BCUT2D eigenvalue weighted by Crippen LogP contribution is -2.44. The van der Waals surface area contributed by atoms with Gasteiger partial charge in [-0.1, -0.05) is 0 Å². The Hall–Kier alpha value is -1.67. The van der Waals surface area contributed by atoms with Gasteiger partial charge in [-0.2, -0.15) is 0 Å². The molecule has 2 saturated heterocycles. The minimum absolute atomic E-state index is 0.0676. The highest BCUT2D eigenvalue weighted by Gasteiger charge is 2.34. The van der Waals surface area contributed by atoms with Crippen LogP contribution in [0.1, 0.15) is 23.7 Å². The van der Waals surface area contributed by atoms with Gasteiger partial charge in [0.1, 0.15) is 0 Å². The van der Waals surface area contributed by atoms with Crippen LogP contribution in [-0.4, -0.2) is 86.4 Å². The molecule has 8 heteroatoms. The molecular weight excluding hydrogens is 340 g/mol. The van der Waals surface area contributed by atoms with Crippen molar-refractivity contribution in [2.24, 2.45) is 0 Å². The highest BCUT2D eigenvalue weighted by molar-refractivity contribution is 7.91. The zero-order valence-electron chi connectivity index (χ0n) is 14.9. The van der Waals surface area contributed by atoms with Gasteiger partial charge in [0.2, 0.25) is 0 Å². The molecule has 1 aromatic heterocycles. The van der Waals surface area contributed by atoms with Gasteiger partial charge < -0.3 is 14.7 Å². The first-order valence-electron chi connectivity index (χ1n) is 8.79. The number of amides is 1. The van der Waals surface area contributed by atoms with Crippen molar-refractivity contribution in [3.05, 3.63) is 24.0 Å². The van der Waals surface area contributed by atoms with E-state index in [1.165, 1.54) is 0 Å². The molecule has 7 nitrogen and oxygen atoms in total. The summed E-state index contributed by atoms with van der Waals surface area (Å²) in [5.41, 5.74) is 1.48. The van der Waals surface area contributed by atoms with Gasteiger partial charge >= 0.3 is 0 Å². The van der Waals surface area contributed by atoms with Crippen LogP contribution in [0.15, 0.2) is 18.5 Å². The first kappa shape index (κ1) is 18.1. The smallest absolute Gasteiger partial charge is 0.255 e. The SMILES string of the molecule is CCN(C(=O)c1cncc(N2CCN(C)CC2)c1)C1CCS(=O)(=O)C1. The Balaban J connectivity index is 1.76. The number of likely N-dealkylation sites (N-methyl/N-ethyl adjacent to an activating group) is 1. The first-order chi connectivity index (χ1) is 11.9. The van der Waals surface area contributed by atoms with Gasteiger partial charge in [0.15, 0.2) is 9.84 Å². The maximum atomic E-state index is 12.9. The van der Waals surface area contributed by atoms with Gasteiger partial charge in [-0.3, -0.25) is 9.78 Å². The molecule has 1 unspecified atom stereocenters. The molecule has 1 amide bonds. The zero-order chi connectivity index (χ0) is 18.0. The minimum atomic E-state index is -3.02. The zero-order valence-corrected chi connectivity index (χ0v) is 15.7. The Bertz CT molecular complexity index is 729. The van der Waals surface area contributed by atoms with Crippen molar-refractivity contribution in [1.29, 1.82) is 0 Å². The third-order valence-corrected chi connectivity index (χ3v) is 6.84. The summed E-state index contributed by atoms with van der Waals surface area (Å²) in [6.07, 6.45) is 3.89. The van der Waals surface area contributed by atoms with E-state index >= 15 is 0 Å². The van der Waals surface area contributed by atoms with Crippen LogP contribution in [0.4, 0.5) is 5.69 Å². The molecule has 0 spiro atoms. The predicted molar refractivity (Wildman–Crippen MR) is 97.7 cm³/mol. The van der Waals surface area contributed by atoms with Gasteiger partial charge in [-0.15, -0.1) is 0 Å². The molecule has 3 heterocycles. The number of pyridine rings is 1. The number of hydrogen-bond donors (Lipinski definition) is 0. The number of aromatic nitrogens is 1. The van der Waals surface area contributed by atoms with Crippen molar-refractivity contribution < 1.29 is 13.2 Å². The summed E-state index contributed by atoms with van der Waals surface area (Å²) in [5, 5.41) is 0. The molecular formula is C17H26N4O3S. The molecule has 0 aromatic carbocycles. The van der Waals surface area contributed by atoms with Crippen molar-refractivity contribution >= 4 is 21.4 Å². The van der Waals surface area contributed by atoms with Crippen LogP contribution in [0, 0.1) is 0 Å². The monoisotopic (exact) mass is 366 g/mol. The average Bonchev–Trinajstić information content (AvgIpc) is 2.96. The van der Waals surface area contributed by atoms with Crippen LogP contribution < -0.4 is 4.90 Å². The maximum absolute atomic E-state index is 12.9. The number of carbonyl (C=O) groups is 1. The van der Waals surface area contributed by atoms with E-state index in [9.17, 15) is 13.2 Å². The Kier molecular flexibility index (Phi) is 5.29. The summed E-state index contributed by atoms with van der Waals surface area (Å²) < 4.78 is 23.5. The number of hydrogen-bond acceptors (Lipinski definition) is 6. The number of carbonyl (C=O) groups excluding carboxylic acids is 1. The van der Waals surface area contributed by atoms with Gasteiger partial charge in [-0.25, -0.2) is 8.42 Å². The molecule has 1 aromatic rings. The van der Waals surface area contributed by atoms with E-state index < -0.39 is 9.84 Å². The normalized spacial score (nSPS) is 23.6. The van der Waals surface area contributed by atoms with Crippen LogP contribution >= 0.6 is 0 Å². The van der Waals surface area contributed by atoms with Crippen molar-refractivity contribution in [1.82, 2.24) is 14.8 Å². The van der Waals surface area contributed by atoms with E-state index in [0.717, 1.165) is 31.9 Å². The van der Waals surface area contributed by atoms with Crippen molar-refractivity contribution in [2.45, 2.75) is 19.4 Å². The highest BCUT2D eigenvalue weighted by atomic mass is 32.2. The number of nitrogens with zero attached hydrogens (tertiary/aromatic N) is 4. The quantitative estimate of drug-likeness (QED) is 0.772. The fourth-order valence-corrected chi connectivity index (χ4v) is 5.27. The molecule has 25 heavy (non-hydrogen) atoms. The largest absolute Gasteiger partial charge is 0.368 e. The highest BCUT2D eigenvalue weighted by Crippen LogP contribution is 2.22. The molecule has 0 aliphatic carbocycles. The predicted octanol–water partition coefficient (Wildman–Crippen LogP) is 0.483. The number of anilines is 1. The summed E-state index contributed by atoms with van der Waals surface area (Å²) in [7, 11) is -0.918. The van der Waals surface area contributed by atoms with Gasteiger partial charge in [0.05, 0.1) is 29.0 Å². The van der Waals surface area contributed by atoms with Crippen molar-refractivity contribution in [2.75, 3.05) is 56.2 Å². The second kappa shape index (κ2) is 7.29. The van der Waals surface area contributed by atoms with Gasteiger partial charge in [0.25, 0.3) is 5.91 Å². The Morgan fingerprint density at radius 3 is 2.60 bits per heavy atom. The summed E-state index contributed by atoms with van der Waals surface area (Å²) in [5.74, 6) is 0.104. The molecule has 138 valence electrons. The number of sulfone groups is 1. The Morgan fingerprint density at radius 1 is 1.28 bits per heavy atom. The summed E-state index contributed by atoms with van der Waals surface area (Å²) >= 11 is 0. The third kappa shape index (κ3) is 4.12. The second-order valence-corrected chi connectivity index (χ2v) is 9.10. The maximum Gasteiger partial charge on any atom is 0.255 e. The Morgan fingerprint density at radius 2 is 2.00 bits per heavy atom. The van der Waals surface area contributed by atoms with Crippen LogP contribution in [-0.2, 0) is 9.84 Å². The summed E-state index contributed by atoms with van der Waals surface area (Å²) in [6.45, 7) is 6.18. The van der Waals surface area contributed by atoms with E-state index in [1.807, 2.05) is 13.0 Å². The minimum Gasteiger partial charge on any atom is -0.368 e. The van der Waals surface area contributed by atoms with E-state index in [0.29, 0.717) is 18.5 Å². The molecule has 0 bridgehead atoms. The van der Waals surface area contributed by atoms with E-state index in [1.54, 1.807) is 17.3 Å². The second-order valence-electron chi connectivity index (χ2n) is 6.87. The van der Waals surface area contributed by atoms with Crippen LogP contribution in [0.5, 0.6) is 0 Å². The van der Waals surface area contributed by atoms with Crippen LogP contribution in [0.3, 0.4) is 0 Å². The lowest BCUT2D eigenvalue weighted by molar-refractivity contribution is 0.0708. The molecule has 0 N–H and O–H groups in total. The topological polar surface area (TPSA) is 73.8 Å². The van der Waals surface area contributed by atoms with Crippen LogP contribution in [0.25, 0.3) is 0 Å². The summed E-state index contributed by atoms with van der Waals surface area (Å²) in [6, 6.07) is 1.65. The van der Waals surface area contributed by atoms with Crippen molar-refractivity contribution in [3.63, 3.8) is 0 Å². The Labute approximate surface area is 149 Å². The molecule has 2 fully saturated rings. The molecule has 0 radical (unpaired) electrons. The lowest BCUT2D eigenvalue weighted by Gasteiger charge is -2.34. The fourth-order valence-electron chi connectivity index (χ4n) is 3.54. The molecule has 3 rings (SSSR count). The molecule has 0 saturated carbocycles. The summed E-state index contributed by atoms with van der Waals surface area (Å²) in [4.78, 5) is 23.4. The van der Waals surface area contributed by atoms with Crippen molar-refractivity contribution in [3.8, 4) is 0 Å². The fraction of sp³-hybridized carbons (Fsp3) is 0.647. The van der Waals surface area contributed by atoms with E-state index in [-0.39, 0.29) is 23.5 Å². The van der Waals surface area contributed by atoms with Crippen LogP contribution in [0.2, 0.25) is 0 Å². The third-order valence-electron chi connectivity index (χ3n) is 5.09. The van der Waals surface area contributed by atoms with E-state index in [4.69, 9.17) is 0 Å². The molecule has 2 aliphatic heterocycles. The van der Waals surface area contributed by atoms with Gasteiger partial charge in [0, 0.05) is 45.0 Å². The number of piperazine rings is 1. The van der Waals surface area contributed by atoms with E-state index in [2.05, 4.69) is 21.8 Å².